The summed E-state index contributed by atoms with van der Waals surface area (Å²) in [4.78, 5) is 0. The van der Waals surface area contributed by atoms with Gasteiger partial charge in [-0.3, -0.25) is 0 Å². The normalized spacial score (nSPS) is 26.3. The second-order valence-corrected chi connectivity index (χ2v) is 5.39. The Balaban J connectivity index is 1.86. The van der Waals surface area contributed by atoms with Gasteiger partial charge in [0.25, 0.3) is 0 Å². The summed E-state index contributed by atoms with van der Waals surface area (Å²) < 4.78 is 0. The molecule has 0 amide bonds. The maximum absolute atomic E-state index is 9.83. The fourth-order valence-corrected chi connectivity index (χ4v) is 2.65. The maximum Gasteiger partial charge on any atom is 0.146 e. The van der Waals surface area contributed by atoms with Crippen LogP contribution in [-0.4, -0.2) is 16.3 Å². The van der Waals surface area contributed by atoms with Gasteiger partial charge in [0.05, 0.1) is 6.04 Å². The molecule has 16 heavy (non-hydrogen) atoms. The van der Waals surface area contributed by atoms with Crippen molar-refractivity contribution in [1.82, 2.24) is 0 Å². The summed E-state index contributed by atoms with van der Waals surface area (Å²) in [5.41, 5.74) is 5.95. The van der Waals surface area contributed by atoms with Crippen molar-refractivity contribution in [2.45, 2.75) is 57.4 Å². The van der Waals surface area contributed by atoms with Crippen LogP contribution in [0, 0.1) is 11.8 Å². The number of rotatable bonds is 4. The van der Waals surface area contributed by atoms with Crippen LogP contribution >= 0.6 is 0 Å². The van der Waals surface area contributed by atoms with E-state index in [1.165, 1.54) is 32.1 Å². The van der Waals surface area contributed by atoms with Crippen LogP contribution in [0.15, 0.2) is 11.5 Å². The van der Waals surface area contributed by atoms with Crippen molar-refractivity contribution in [3.05, 3.63) is 11.5 Å². The van der Waals surface area contributed by atoms with Crippen LogP contribution < -0.4 is 5.73 Å². The lowest BCUT2D eigenvalue weighted by Gasteiger charge is -2.24. The summed E-state index contributed by atoms with van der Waals surface area (Å²) in [5, 5.41) is 19.5. The Kier molecular flexibility index (Phi) is 3.74. The highest BCUT2D eigenvalue weighted by atomic mass is 16.3. The Morgan fingerprint density at radius 2 is 1.69 bits per heavy atom. The van der Waals surface area contributed by atoms with Crippen LogP contribution in [0.2, 0.25) is 0 Å². The van der Waals surface area contributed by atoms with Gasteiger partial charge in [-0.1, -0.05) is 32.1 Å². The van der Waals surface area contributed by atoms with E-state index in [4.69, 9.17) is 5.73 Å². The summed E-state index contributed by atoms with van der Waals surface area (Å²) in [5.74, 6) is 1.03. The van der Waals surface area contributed by atoms with E-state index >= 15 is 0 Å². The van der Waals surface area contributed by atoms with E-state index in [1.54, 1.807) is 0 Å². The molecule has 2 aliphatic carbocycles. The fourth-order valence-electron chi connectivity index (χ4n) is 2.65. The second-order valence-electron chi connectivity index (χ2n) is 5.39. The van der Waals surface area contributed by atoms with Gasteiger partial charge < -0.3 is 15.9 Å². The van der Waals surface area contributed by atoms with Crippen LogP contribution in [0.3, 0.4) is 0 Å². The third-order valence-corrected chi connectivity index (χ3v) is 3.89. The molecule has 0 aromatic rings. The minimum absolute atomic E-state index is 0.0491. The third-order valence-electron chi connectivity index (χ3n) is 3.89. The van der Waals surface area contributed by atoms with Gasteiger partial charge in [-0.15, -0.1) is 0 Å². The van der Waals surface area contributed by atoms with Gasteiger partial charge in [0, 0.05) is 5.92 Å². The van der Waals surface area contributed by atoms with E-state index < -0.39 is 0 Å². The monoisotopic (exact) mass is 225 g/mol. The Labute approximate surface area is 97.3 Å². The molecule has 2 rings (SSSR count). The standard InChI is InChI=1S/C13H23NO2/c14-11(8-9-4-2-1-3-5-9)13(16)12(15)10-6-7-10/h9-11,15-16H,1-8,14H2/t11-/m0/s1. The minimum Gasteiger partial charge on any atom is -0.508 e. The van der Waals surface area contributed by atoms with E-state index in [9.17, 15) is 10.2 Å². The van der Waals surface area contributed by atoms with Crippen LogP contribution in [0.5, 0.6) is 0 Å². The Morgan fingerprint density at radius 3 is 2.25 bits per heavy atom. The van der Waals surface area contributed by atoms with Gasteiger partial charge in [-0.2, -0.15) is 0 Å². The molecular weight excluding hydrogens is 202 g/mol. The lowest BCUT2D eigenvalue weighted by Crippen LogP contribution is -2.28. The van der Waals surface area contributed by atoms with Gasteiger partial charge in [-0.05, 0) is 25.2 Å². The number of aliphatic hydroxyl groups is 2. The Bertz CT molecular complexity index is 265. The molecule has 2 fully saturated rings. The molecule has 0 heterocycles. The molecule has 0 aromatic carbocycles. The largest absolute Gasteiger partial charge is 0.508 e. The predicted molar refractivity (Wildman–Crippen MR) is 64.2 cm³/mol. The third kappa shape index (κ3) is 2.91. The fraction of sp³-hybridized carbons (Fsp3) is 0.846. The molecule has 0 aromatic heterocycles. The first-order valence-electron chi connectivity index (χ1n) is 6.56. The molecule has 2 saturated carbocycles. The molecule has 92 valence electrons. The van der Waals surface area contributed by atoms with E-state index in [1.807, 2.05) is 0 Å². The van der Waals surface area contributed by atoms with E-state index in [0.717, 1.165) is 19.3 Å². The van der Waals surface area contributed by atoms with Crippen molar-refractivity contribution < 1.29 is 10.2 Å². The van der Waals surface area contributed by atoms with Gasteiger partial charge in [0.2, 0.25) is 0 Å². The van der Waals surface area contributed by atoms with Gasteiger partial charge >= 0.3 is 0 Å². The molecule has 0 radical (unpaired) electrons. The molecule has 4 N–H and O–H groups in total. The van der Waals surface area contributed by atoms with Crippen LogP contribution in [0.4, 0.5) is 0 Å². The topological polar surface area (TPSA) is 66.5 Å². The Morgan fingerprint density at radius 1 is 1.06 bits per heavy atom. The molecule has 0 unspecified atom stereocenters. The highest BCUT2D eigenvalue weighted by molar-refractivity contribution is 5.13. The van der Waals surface area contributed by atoms with Crippen molar-refractivity contribution >= 4 is 0 Å². The molecule has 1 atom stereocenters. The van der Waals surface area contributed by atoms with Crippen molar-refractivity contribution in [3.8, 4) is 0 Å². The number of allylic oxidation sites excluding steroid dienone is 1. The SMILES string of the molecule is N[C@@H](CC1CCCCC1)C(O)=C(O)C1CC1. The van der Waals surface area contributed by atoms with Crippen LogP contribution in [-0.2, 0) is 0 Å². The molecule has 0 aliphatic heterocycles. The van der Waals surface area contributed by atoms with Crippen molar-refractivity contribution in [1.29, 1.82) is 0 Å². The van der Waals surface area contributed by atoms with Gasteiger partial charge in [0.15, 0.2) is 0 Å². The quantitative estimate of drug-likeness (QED) is 0.644. The smallest absolute Gasteiger partial charge is 0.146 e. The lowest BCUT2D eigenvalue weighted by molar-refractivity contribution is 0.253. The molecular formula is C13H23NO2. The molecule has 3 nitrogen and oxygen atoms in total. The molecule has 0 saturated heterocycles. The summed E-state index contributed by atoms with van der Waals surface area (Å²) in [6, 6.07) is -0.358. The van der Waals surface area contributed by atoms with E-state index in [0.29, 0.717) is 5.92 Å². The van der Waals surface area contributed by atoms with Crippen LogP contribution in [0.25, 0.3) is 0 Å². The zero-order chi connectivity index (χ0) is 11.5. The van der Waals surface area contributed by atoms with Crippen molar-refractivity contribution in [2.75, 3.05) is 0 Å². The Hall–Kier alpha value is -0.700. The van der Waals surface area contributed by atoms with Gasteiger partial charge in [-0.25, -0.2) is 0 Å². The average molecular weight is 225 g/mol. The number of hydrogen-bond acceptors (Lipinski definition) is 3. The molecule has 0 bridgehead atoms. The second kappa shape index (κ2) is 5.09. The van der Waals surface area contributed by atoms with Crippen molar-refractivity contribution in [3.63, 3.8) is 0 Å². The summed E-state index contributed by atoms with van der Waals surface area (Å²) in [7, 11) is 0. The predicted octanol–water partition coefficient (Wildman–Crippen LogP) is 3.02. The van der Waals surface area contributed by atoms with E-state index in [-0.39, 0.29) is 23.5 Å². The lowest BCUT2D eigenvalue weighted by atomic mass is 9.84. The van der Waals surface area contributed by atoms with E-state index in [2.05, 4.69) is 0 Å². The van der Waals surface area contributed by atoms with Gasteiger partial charge in [0.1, 0.15) is 11.5 Å². The summed E-state index contributed by atoms with van der Waals surface area (Å²) >= 11 is 0. The maximum atomic E-state index is 9.83. The molecule has 2 aliphatic rings. The first-order chi connectivity index (χ1) is 7.68. The minimum atomic E-state index is -0.358. The zero-order valence-corrected chi connectivity index (χ0v) is 9.86. The highest BCUT2D eigenvalue weighted by Gasteiger charge is 2.31. The first kappa shape index (κ1) is 11.8. The first-order valence-corrected chi connectivity index (χ1v) is 6.56. The number of hydrogen-bond donors (Lipinski definition) is 3. The summed E-state index contributed by atoms with van der Waals surface area (Å²) in [6.45, 7) is 0. The zero-order valence-electron chi connectivity index (χ0n) is 9.86. The molecule has 0 spiro atoms. The highest BCUT2D eigenvalue weighted by Crippen LogP contribution is 2.37. The summed E-state index contributed by atoms with van der Waals surface area (Å²) in [6.07, 6.45) is 9.17. The number of nitrogens with two attached hydrogens (primary N) is 1. The number of aliphatic hydroxyl groups excluding tert-OH is 2. The average Bonchev–Trinajstić information content (AvgIpc) is 3.12. The molecule has 3 heteroatoms. The van der Waals surface area contributed by atoms with Crippen molar-refractivity contribution in [2.24, 2.45) is 17.6 Å². The van der Waals surface area contributed by atoms with Crippen LogP contribution in [0.1, 0.15) is 51.4 Å².